The van der Waals surface area contributed by atoms with Crippen LogP contribution in [0.25, 0.3) is 0 Å². The Balaban J connectivity index is 2.03. The summed E-state index contributed by atoms with van der Waals surface area (Å²) >= 11 is 0. The third kappa shape index (κ3) is 2.38. The molecule has 1 aliphatic heterocycles. The number of likely N-dealkylation sites (tertiary alicyclic amines) is 1. The standard InChI is InChI=1S/C12H21NO3/c1-8-3-2-4-9(5-8)13-7-10(14)6-11(13)12(15)16/h8-11,14H,2-7H2,1H3,(H,15,16). The van der Waals surface area contributed by atoms with Crippen LogP contribution in [0.3, 0.4) is 0 Å². The van der Waals surface area contributed by atoms with E-state index in [0.29, 0.717) is 24.9 Å². The number of aliphatic carboxylic acids is 1. The van der Waals surface area contributed by atoms with Crippen molar-refractivity contribution in [2.45, 2.75) is 57.2 Å². The molecule has 16 heavy (non-hydrogen) atoms. The van der Waals surface area contributed by atoms with Gasteiger partial charge in [0.25, 0.3) is 0 Å². The summed E-state index contributed by atoms with van der Waals surface area (Å²) in [6.07, 6.45) is 4.53. The number of carboxylic acid groups (broad SMARTS) is 1. The molecule has 92 valence electrons. The Kier molecular flexibility index (Phi) is 3.50. The Morgan fingerprint density at radius 1 is 1.31 bits per heavy atom. The highest BCUT2D eigenvalue weighted by atomic mass is 16.4. The Morgan fingerprint density at radius 3 is 2.69 bits per heavy atom. The number of β-amino-alcohol motifs (C(OH)–C–C–N with tert-alkyl or cyclic N) is 1. The number of aliphatic hydroxyl groups excluding tert-OH is 1. The first kappa shape index (κ1) is 11.9. The second kappa shape index (κ2) is 4.72. The summed E-state index contributed by atoms with van der Waals surface area (Å²) in [5.74, 6) is -0.0966. The highest BCUT2D eigenvalue weighted by Crippen LogP contribution is 2.32. The molecule has 0 bridgehead atoms. The Hall–Kier alpha value is -0.610. The van der Waals surface area contributed by atoms with Gasteiger partial charge in [-0.25, -0.2) is 0 Å². The fraction of sp³-hybridized carbons (Fsp3) is 0.917. The monoisotopic (exact) mass is 227 g/mol. The van der Waals surface area contributed by atoms with Crippen molar-refractivity contribution >= 4 is 5.97 Å². The molecule has 4 unspecified atom stereocenters. The predicted octanol–water partition coefficient (Wildman–Crippen LogP) is 1.08. The predicted molar refractivity (Wildman–Crippen MR) is 60.2 cm³/mol. The van der Waals surface area contributed by atoms with Crippen LogP contribution in [-0.2, 0) is 4.79 Å². The molecule has 0 spiro atoms. The smallest absolute Gasteiger partial charge is 0.321 e. The molecule has 2 fully saturated rings. The second-order valence-electron chi connectivity index (χ2n) is 5.37. The van der Waals surface area contributed by atoms with Crippen LogP contribution in [0.2, 0.25) is 0 Å². The lowest BCUT2D eigenvalue weighted by atomic mass is 9.86. The topological polar surface area (TPSA) is 60.8 Å². The van der Waals surface area contributed by atoms with Crippen LogP contribution in [-0.4, -0.2) is 45.8 Å². The minimum Gasteiger partial charge on any atom is -0.480 e. The lowest BCUT2D eigenvalue weighted by molar-refractivity contribution is -0.143. The van der Waals surface area contributed by atoms with Crippen LogP contribution in [0.4, 0.5) is 0 Å². The van der Waals surface area contributed by atoms with Gasteiger partial charge in [0.05, 0.1) is 6.10 Å². The molecule has 1 aliphatic carbocycles. The first-order valence-corrected chi connectivity index (χ1v) is 6.24. The molecule has 2 rings (SSSR count). The molecule has 2 aliphatic rings. The molecule has 4 atom stereocenters. The van der Waals surface area contributed by atoms with E-state index in [-0.39, 0.29) is 0 Å². The van der Waals surface area contributed by atoms with Gasteiger partial charge in [0.1, 0.15) is 6.04 Å². The molecule has 0 aromatic heterocycles. The lowest BCUT2D eigenvalue weighted by Gasteiger charge is -2.36. The van der Waals surface area contributed by atoms with E-state index in [1.54, 1.807) is 0 Å². The summed E-state index contributed by atoms with van der Waals surface area (Å²) < 4.78 is 0. The van der Waals surface area contributed by atoms with Crippen LogP contribution in [0.1, 0.15) is 39.0 Å². The maximum atomic E-state index is 11.1. The Labute approximate surface area is 96.3 Å². The number of aliphatic hydroxyl groups is 1. The van der Waals surface area contributed by atoms with Crippen molar-refractivity contribution in [1.82, 2.24) is 4.90 Å². The van der Waals surface area contributed by atoms with Gasteiger partial charge in [0.2, 0.25) is 0 Å². The first-order valence-electron chi connectivity index (χ1n) is 6.24. The van der Waals surface area contributed by atoms with Crippen molar-refractivity contribution in [3.63, 3.8) is 0 Å². The van der Waals surface area contributed by atoms with Crippen molar-refractivity contribution < 1.29 is 15.0 Å². The van der Waals surface area contributed by atoms with Crippen molar-refractivity contribution in [2.24, 2.45) is 5.92 Å². The molecule has 0 aromatic rings. The fourth-order valence-electron chi connectivity index (χ4n) is 3.19. The van der Waals surface area contributed by atoms with E-state index in [1.807, 2.05) is 4.90 Å². The van der Waals surface area contributed by atoms with Crippen LogP contribution < -0.4 is 0 Å². The van der Waals surface area contributed by atoms with E-state index in [9.17, 15) is 9.90 Å². The Morgan fingerprint density at radius 2 is 2.06 bits per heavy atom. The number of carbonyl (C=O) groups is 1. The fourth-order valence-corrected chi connectivity index (χ4v) is 3.19. The van der Waals surface area contributed by atoms with Gasteiger partial charge in [-0.05, 0) is 18.8 Å². The SMILES string of the molecule is CC1CCCC(N2CC(O)CC2C(=O)O)C1. The van der Waals surface area contributed by atoms with Crippen molar-refractivity contribution in [2.75, 3.05) is 6.54 Å². The summed E-state index contributed by atoms with van der Waals surface area (Å²) in [5, 5.41) is 18.8. The summed E-state index contributed by atoms with van der Waals surface area (Å²) in [6, 6.07) is -0.104. The molecule has 1 saturated carbocycles. The number of rotatable bonds is 2. The van der Waals surface area contributed by atoms with Gasteiger partial charge >= 0.3 is 5.97 Å². The summed E-state index contributed by atoms with van der Waals surface area (Å²) in [4.78, 5) is 13.1. The van der Waals surface area contributed by atoms with E-state index in [2.05, 4.69) is 6.92 Å². The third-order valence-corrected chi connectivity index (χ3v) is 3.98. The largest absolute Gasteiger partial charge is 0.480 e. The number of carboxylic acids is 1. The van der Waals surface area contributed by atoms with Gasteiger partial charge in [-0.1, -0.05) is 19.8 Å². The first-order chi connectivity index (χ1) is 7.58. The molecule has 1 heterocycles. The molecular formula is C12H21NO3. The molecule has 4 heteroatoms. The van der Waals surface area contributed by atoms with Crippen molar-refractivity contribution in [3.8, 4) is 0 Å². The van der Waals surface area contributed by atoms with E-state index in [0.717, 1.165) is 12.8 Å². The third-order valence-electron chi connectivity index (χ3n) is 3.98. The summed E-state index contributed by atoms with van der Waals surface area (Å²) in [5.41, 5.74) is 0. The van der Waals surface area contributed by atoms with Crippen LogP contribution in [0.5, 0.6) is 0 Å². The van der Waals surface area contributed by atoms with Gasteiger partial charge < -0.3 is 10.2 Å². The van der Waals surface area contributed by atoms with Gasteiger partial charge in [0, 0.05) is 19.0 Å². The van der Waals surface area contributed by atoms with Gasteiger partial charge in [-0.2, -0.15) is 0 Å². The molecule has 0 radical (unpaired) electrons. The van der Waals surface area contributed by atoms with E-state index < -0.39 is 18.1 Å². The highest BCUT2D eigenvalue weighted by Gasteiger charge is 2.40. The van der Waals surface area contributed by atoms with Crippen molar-refractivity contribution in [1.29, 1.82) is 0 Å². The van der Waals surface area contributed by atoms with Crippen LogP contribution in [0.15, 0.2) is 0 Å². The average Bonchev–Trinajstić information content (AvgIpc) is 2.60. The lowest BCUT2D eigenvalue weighted by Crippen LogP contribution is -2.45. The zero-order valence-corrected chi connectivity index (χ0v) is 9.80. The molecular weight excluding hydrogens is 206 g/mol. The van der Waals surface area contributed by atoms with Crippen molar-refractivity contribution in [3.05, 3.63) is 0 Å². The zero-order chi connectivity index (χ0) is 11.7. The number of hydrogen-bond donors (Lipinski definition) is 2. The van der Waals surface area contributed by atoms with E-state index >= 15 is 0 Å². The minimum atomic E-state index is -0.783. The maximum Gasteiger partial charge on any atom is 0.321 e. The number of nitrogens with zero attached hydrogens (tertiary/aromatic N) is 1. The van der Waals surface area contributed by atoms with E-state index in [4.69, 9.17) is 5.11 Å². The van der Waals surface area contributed by atoms with Gasteiger partial charge in [-0.15, -0.1) is 0 Å². The quantitative estimate of drug-likeness (QED) is 0.741. The summed E-state index contributed by atoms with van der Waals surface area (Å²) in [6.45, 7) is 2.77. The molecule has 1 saturated heterocycles. The Bertz CT molecular complexity index is 269. The molecule has 2 N–H and O–H groups in total. The average molecular weight is 227 g/mol. The molecule has 4 nitrogen and oxygen atoms in total. The highest BCUT2D eigenvalue weighted by molar-refractivity contribution is 5.74. The van der Waals surface area contributed by atoms with Crippen LogP contribution in [0, 0.1) is 5.92 Å². The van der Waals surface area contributed by atoms with Gasteiger partial charge in [0.15, 0.2) is 0 Å². The molecule has 0 amide bonds. The van der Waals surface area contributed by atoms with Crippen LogP contribution >= 0.6 is 0 Å². The molecule has 0 aromatic carbocycles. The maximum absolute atomic E-state index is 11.1. The summed E-state index contributed by atoms with van der Waals surface area (Å²) in [7, 11) is 0. The van der Waals surface area contributed by atoms with E-state index in [1.165, 1.54) is 12.8 Å². The van der Waals surface area contributed by atoms with Gasteiger partial charge in [-0.3, -0.25) is 9.69 Å². The normalized spacial score (nSPS) is 41.1. The number of hydrogen-bond acceptors (Lipinski definition) is 3. The zero-order valence-electron chi connectivity index (χ0n) is 9.80. The second-order valence-corrected chi connectivity index (χ2v) is 5.37. The minimum absolute atomic E-state index is 0.363.